The van der Waals surface area contributed by atoms with Gasteiger partial charge < -0.3 is 4.74 Å². The van der Waals surface area contributed by atoms with Gasteiger partial charge in [-0.3, -0.25) is 4.79 Å². The number of rotatable bonds is 4. The second-order valence-electron chi connectivity index (χ2n) is 4.90. The molecule has 104 valence electrons. The minimum Gasteiger partial charge on any atom is -0.493 e. The number of fused-ring (bicyclic) bond motifs is 1. The molecule has 20 heavy (non-hydrogen) atoms. The van der Waals surface area contributed by atoms with Crippen molar-refractivity contribution in [2.75, 3.05) is 6.61 Å². The predicted molar refractivity (Wildman–Crippen MR) is 79.9 cm³/mol. The summed E-state index contributed by atoms with van der Waals surface area (Å²) < 4.78 is 5.62. The minimum absolute atomic E-state index is 0.135. The zero-order chi connectivity index (χ0) is 14.1. The average molecular weight is 308 g/mol. The van der Waals surface area contributed by atoms with E-state index in [4.69, 9.17) is 16.3 Å². The van der Waals surface area contributed by atoms with E-state index in [-0.39, 0.29) is 5.78 Å². The molecule has 0 saturated carbocycles. The van der Waals surface area contributed by atoms with Crippen LogP contribution >= 0.6 is 22.9 Å². The number of benzene rings is 1. The van der Waals surface area contributed by atoms with E-state index in [0.29, 0.717) is 24.5 Å². The summed E-state index contributed by atoms with van der Waals surface area (Å²) in [5.74, 6) is 0.979. The van der Waals surface area contributed by atoms with E-state index < -0.39 is 0 Å². The van der Waals surface area contributed by atoms with Crippen LogP contribution in [-0.4, -0.2) is 17.4 Å². The van der Waals surface area contributed by atoms with Crippen molar-refractivity contribution in [3.8, 4) is 5.75 Å². The van der Waals surface area contributed by atoms with E-state index in [0.717, 1.165) is 34.0 Å². The Morgan fingerprint density at radius 3 is 3.05 bits per heavy atom. The van der Waals surface area contributed by atoms with Gasteiger partial charge in [-0.1, -0.05) is 11.6 Å². The maximum absolute atomic E-state index is 12.2. The lowest BCUT2D eigenvalue weighted by Crippen LogP contribution is -2.08. The van der Waals surface area contributed by atoms with Gasteiger partial charge in [-0.25, -0.2) is 4.98 Å². The smallest absolute Gasteiger partial charge is 0.143 e. The second-order valence-corrected chi connectivity index (χ2v) is 6.40. The SMILES string of the molecule is Cc1nc(CC(=O)Cc2cc(Cl)cc3c2OCC3)cs1. The van der Waals surface area contributed by atoms with Crippen LogP contribution < -0.4 is 4.74 Å². The van der Waals surface area contributed by atoms with Crippen molar-refractivity contribution in [3.63, 3.8) is 0 Å². The van der Waals surface area contributed by atoms with Crippen molar-refractivity contribution in [3.05, 3.63) is 44.4 Å². The number of ketones is 1. The topological polar surface area (TPSA) is 39.2 Å². The van der Waals surface area contributed by atoms with Gasteiger partial charge >= 0.3 is 0 Å². The molecule has 0 aliphatic carbocycles. The molecule has 0 N–H and O–H groups in total. The molecule has 1 aliphatic rings. The molecule has 1 aliphatic heterocycles. The Labute approximate surface area is 126 Å². The molecule has 0 amide bonds. The lowest BCUT2D eigenvalue weighted by Gasteiger charge is -2.08. The van der Waals surface area contributed by atoms with Gasteiger partial charge in [0.2, 0.25) is 0 Å². The average Bonchev–Trinajstić information content (AvgIpc) is 2.98. The van der Waals surface area contributed by atoms with Crippen LogP contribution in [0.1, 0.15) is 21.8 Å². The van der Waals surface area contributed by atoms with Gasteiger partial charge in [-0.2, -0.15) is 0 Å². The Hall–Kier alpha value is -1.39. The van der Waals surface area contributed by atoms with Crippen LogP contribution in [0.2, 0.25) is 5.02 Å². The van der Waals surface area contributed by atoms with E-state index in [1.54, 1.807) is 11.3 Å². The highest BCUT2D eigenvalue weighted by Crippen LogP contribution is 2.33. The summed E-state index contributed by atoms with van der Waals surface area (Å²) in [5, 5.41) is 3.59. The molecule has 1 aromatic carbocycles. The summed E-state index contributed by atoms with van der Waals surface area (Å²) in [4.78, 5) is 16.5. The molecular weight excluding hydrogens is 294 g/mol. The van der Waals surface area contributed by atoms with Gasteiger partial charge in [-0.05, 0) is 24.6 Å². The first kappa shape index (κ1) is 13.6. The van der Waals surface area contributed by atoms with E-state index in [1.165, 1.54) is 0 Å². The number of Topliss-reactive ketones (excluding diaryl/α,β-unsaturated/α-hetero) is 1. The Morgan fingerprint density at radius 1 is 1.45 bits per heavy atom. The van der Waals surface area contributed by atoms with Crippen LogP contribution in [0, 0.1) is 6.92 Å². The Kier molecular flexibility index (Phi) is 3.76. The third-order valence-corrected chi connectivity index (χ3v) is 4.30. The molecule has 0 unspecified atom stereocenters. The highest BCUT2D eigenvalue weighted by atomic mass is 35.5. The van der Waals surface area contributed by atoms with Gasteiger partial charge in [0.15, 0.2) is 0 Å². The summed E-state index contributed by atoms with van der Waals surface area (Å²) in [6.07, 6.45) is 1.58. The van der Waals surface area contributed by atoms with E-state index in [1.807, 2.05) is 24.4 Å². The number of hydrogen-bond acceptors (Lipinski definition) is 4. The number of carbonyl (C=O) groups excluding carboxylic acids is 1. The Morgan fingerprint density at radius 2 is 2.30 bits per heavy atom. The fraction of sp³-hybridized carbons (Fsp3) is 0.333. The van der Waals surface area contributed by atoms with Crippen LogP contribution in [0.3, 0.4) is 0 Å². The van der Waals surface area contributed by atoms with E-state index in [9.17, 15) is 4.79 Å². The van der Waals surface area contributed by atoms with Gasteiger partial charge in [0.25, 0.3) is 0 Å². The fourth-order valence-electron chi connectivity index (χ4n) is 2.44. The molecule has 0 bridgehead atoms. The molecule has 0 atom stereocenters. The molecule has 3 rings (SSSR count). The van der Waals surface area contributed by atoms with Crippen LogP contribution in [0.25, 0.3) is 0 Å². The maximum atomic E-state index is 12.2. The predicted octanol–water partition coefficient (Wildman–Crippen LogP) is 3.39. The molecule has 1 aromatic heterocycles. The number of hydrogen-bond donors (Lipinski definition) is 0. The fourth-order valence-corrected chi connectivity index (χ4v) is 3.32. The normalized spacial score (nSPS) is 13.1. The second kappa shape index (κ2) is 5.54. The largest absolute Gasteiger partial charge is 0.493 e. The Balaban J connectivity index is 1.76. The van der Waals surface area contributed by atoms with Crippen LogP contribution in [0.15, 0.2) is 17.5 Å². The zero-order valence-corrected chi connectivity index (χ0v) is 12.7. The van der Waals surface area contributed by atoms with Crippen molar-refractivity contribution < 1.29 is 9.53 Å². The maximum Gasteiger partial charge on any atom is 0.143 e. The molecule has 3 nitrogen and oxygen atoms in total. The highest BCUT2D eigenvalue weighted by molar-refractivity contribution is 7.09. The third kappa shape index (κ3) is 2.86. The van der Waals surface area contributed by atoms with Crippen molar-refractivity contribution in [2.24, 2.45) is 0 Å². The van der Waals surface area contributed by atoms with E-state index in [2.05, 4.69) is 4.98 Å². The number of nitrogens with zero attached hydrogens (tertiary/aromatic N) is 1. The van der Waals surface area contributed by atoms with Crippen molar-refractivity contribution in [2.45, 2.75) is 26.2 Å². The van der Waals surface area contributed by atoms with Crippen molar-refractivity contribution in [1.82, 2.24) is 4.98 Å². The summed E-state index contributed by atoms with van der Waals surface area (Å²) in [6, 6.07) is 3.75. The lowest BCUT2D eigenvalue weighted by molar-refractivity contribution is -0.117. The Bertz CT molecular complexity index is 666. The number of carbonyl (C=O) groups is 1. The molecular formula is C15H14ClNO2S. The summed E-state index contributed by atoms with van der Waals surface area (Å²) in [7, 11) is 0. The monoisotopic (exact) mass is 307 g/mol. The number of halogens is 1. The van der Waals surface area contributed by atoms with Gasteiger partial charge in [0.1, 0.15) is 11.5 Å². The molecule has 2 heterocycles. The zero-order valence-electron chi connectivity index (χ0n) is 11.1. The first-order valence-corrected chi connectivity index (χ1v) is 7.74. The van der Waals surface area contributed by atoms with Crippen LogP contribution in [0.4, 0.5) is 0 Å². The molecule has 2 aromatic rings. The number of ether oxygens (including phenoxy) is 1. The lowest BCUT2D eigenvalue weighted by atomic mass is 10.0. The van der Waals surface area contributed by atoms with Gasteiger partial charge in [-0.15, -0.1) is 11.3 Å². The van der Waals surface area contributed by atoms with E-state index >= 15 is 0 Å². The quantitative estimate of drug-likeness (QED) is 0.869. The number of aryl methyl sites for hydroxylation is 1. The van der Waals surface area contributed by atoms with Gasteiger partial charge in [0.05, 0.1) is 17.3 Å². The molecule has 0 saturated heterocycles. The highest BCUT2D eigenvalue weighted by Gasteiger charge is 2.19. The summed E-state index contributed by atoms with van der Waals surface area (Å²) in [5.41, 5.74) is 2.84. The third-order valence-electron chi connectivity index (χ3n) is 3.26. The van der Waals surface area contributed by atoms with Crippen LogP contribution in [-0.2, 0) is 24.1 Å². The number of thiazole rings is 1. The van der Waals surface area contributed by atoms with Gasteiger partial charge in [0, 0.05) is 35.2 Å². The molecule has 5 heteroatoms. The van der Waals surface area contributed by atoms with Crippen molar-refractivity contribution in [1.29, 1.82) is 0 Å². The first-order chi connectivity index (χ1) is 9.61. The molecule has 0 fully saturated rings. The van der Waals surface area contributed by atoms with Crippen molar-refractivity contribution >= 4 is 28.7 Å². The molecule has 0 spiro atoms. The first-order valence-electron chi connectivity index (χ1n) is 6.48. The summed E-state index contributed by atoms with van der Waals surface area (Å²) in [6.45, 7) is 2.61. The summed E-state index contributed by atoms with van der Waals surface area (Å²) >= 11 is 7.66. The van der Waals surface area contributed by atoms with Crippen LogP contribution in [0.5, 0.6) is 5.75 Å². The number of aromatic nitrogens is 1. The minimum atomic E-state index is 0.135. The molecule has 0 radical (unpaired) electrons. The standard InChI is InChI=1S/C15H14ClNO2S/c1-9-17-13(8-20-9)7-14(18)6-11-5-12(16)4-10-2-3-19-15(10)11/h4-5,8H,2-3,6-7H2,1H3.